The standard InChI is InChI=1S/C48H30O30/c49-3-1-2-4(23(54)20(3)51)21(52)17-18-22(53)13(36(67)46(77)48(18)78-47(17)19(2)50)6-10-7(24(55)37(68)40(71)27(10)58)5(8-11(6)28(59)41(72)38(69)25(8)56)9-12(29(60)42(73)39(70)26(9)57)14-30(61)32(63)15(33(64)31(14)62)16-34(65)43(74)45(76)44(75)35(16)66/h1,49-77H. The van der Waals surface area contributed by atoms with Crippen molar-refractivity contribution in [3.8, 4) is 211 Å². The van der Waals surface area contributed by atoms with Crippen molar-refractivity contribution in [2.75, 3.05) is 0 Å². The minimum atomic E-state index is -1.97. The molecule has 1 aromatic heterocycles. The van der Waals surface area contributed by atoms with E-state index in [0.29, 0.717) is 6.07 Å². The molecule has 29 N–H and O–H groups in total. The molecule has 30 heteroatoms. The Balaban J connectivity index is 1.47. The van der Waals surface area contributed by atoms with Crippen molar-refractivity contribution in [2.45, 2.75) is 0 Å². The number of hydrogen-bond acceptors (Lipinski definition) is 30. The molecule has 0 radical (unpaired) electrons. The minimum absolute atomic E-state index is 0.608. The zero-order chi connectivity index (χ0) is 57.5. The van der Waals surface area contributed by atoms with E-state index in [-0.39, 0.29) is 0 Å². The maximum absolute atomic E-state index is 12.4. The van der Waals surface area contributed by atoms with Crippen molar-refractivity contribution >= 4 is 54.3 Å². The molecule has 402 valence electrons. The molecule has 0 aliphatic rings. The number of benzene rings is 9. The first-order valence-electron chi connectivity index (χ1n) is 21.0. The molecule has 10 aromatic rings. The molecular formula is C48H30O30. The zero-order valence-corrected chi connectivity index (χ0v) is 37.5. The fourth-order valence-electron chi connectivity index (χ4n) is 9.63. The Labute approximate surface area is 423 Å². The van der Waals surface area contributed by atoms with Gasteiger partial charge in [-0.15, -0.1) is 0 Å². The van der Waals surface area contributed by atoms with Crippen LogP contribution in [-0.2, 0) is 0 Å². The molecule has 0 aliphatic carbocycles. The van der Waals surface area contributed by atoms with Crippen molar-refractivity contribution in [1.82, 2.24) is 0 Å². The zero-order valence-electron chi connectivity index (χ0n) is 37.5. The molecule has 78 heavy (non-hydrogen) atoms. The van der Waals surface area contributed by atoms with Crippen LogP contribution in [-0.4, -0.2) is 148 Å². The van der Waals surface area contributed by atoms with Crippen LogP contribution in [0.1, 0.15) is 0 Å². The molecule has 0 unspecified atom stereocenters. The smallest absolute Gasteiger partial charge is 0.208 e. The molecule has 0 bridgehead atoms. The second kappa shape index (κ2) is 15.4. The molecule has 0 fully saturated rings. The number of fused-ring (bicyclic) bond motifs is 6. The lowest BCUT2D eigenvalue weighted by atomic mass is 9.80. The fraction of sp³-hybridized carbons (Fsp3) is 0. The van der Waals surface area contributed by atoms with Gasteiger partial charge in [0.25, 0.3) is 0 Å². The summed E-state index contributed by atoms with van der Waals surface area (Å²) in [5.41, 5.74) is -14.8. The van der Waals surface area contributed by atoms with Crippen LogP contribution in [0.3, 0.4) is 0 Å². The first kappa shape index (κ1) is 49.3. The van der Waals surface area contributed by atoms with E-state index in [9.17, 15) is 148 Å². The monoisotopic (exact) mass is 1090 g/mol. The molecule has 0 saturated carbocycles. The van der Waals surface area contributed by atoms with Gasteiger partial charge in [0, 0.05) is 49.2 Å². The molecule has 0 saturated heterocycles. The van der Waals surface area contributed by atoms with Gasteiger partial charge in [0.1, 0.15) is 11.5 Å². The Morgan fingerprint density at radius 2 is 0.410 bits per heavy atom. The van der Waals surface area contributed by atoms with Crippen LogP contribution in [0.25, 0.3) is 98.8 Å². The van der Waals surface area contributed by atoms with Gasteiger partial charge in [0.05, 0.1) is 38.4 Å². The Kier molecular flexibility index (Phi) is 9.74. The van der Waals surface area contributed by atoms with Gasteiger partial charge in [0.2, 0.25) is 63.2 Å². The summed E-state index contributed by atoms with van der Waals surface area (Å²) in [4.78, 5) is 0. The number of phenols is 29. The van der Waals surface area contributed by atoms with Crippen molar-refractivity contribution in [2.24, 2.45) is 0 Å². The number of furan rings is 1. The maximum atomic E-state index is 12.4. The highest BCUT2D eigenvalue weighted by molar-refractivity contribution is 6.33. The highest BCUT2D eigenvalue weighted by Gasteiger charge is 2.42. The van der Waals surface area contributed by atoms with Gasteiger partial charge in [-0.05, 0) is 6.07 Å². The summed E-state index contributed by atoms with van der Waals surface area (Å²) in [7, 11) is 0. The van der Waals surface area contributed by atoms with Gasteiger partial charge < -0.3 is 153 Å². The van der Waals surface area contributed by atoms with Crippen LogP contribution in [0, 0.1) is 0 Å². The van der Waals surface area contributed by atoms with Crippen LogP contribution >= 0.6 is 0 Å². The molecular weight excluding hydrogens is 1060 g/mol. The SMILES string of the molecule is Oc1cc2c(O)c3oc4c(O)c(O)c(-c5c6c(O)c(O)c(O)c(O)c6c(-c6c(O)c(O)c(O)c(O)c6-c6c(O)c(O)c(-c7c(O)c(O)c(O)c(O)c7O)c(O)c6O)c6c(O)c(O)c(O)c(O)c56)c(O)c4c3c(O)c2c(O)c1O. The second-order valence-electron chi connectivity index (χ2n) is 17.1. The highest BCUT2D eigenvalue weighted by Crippen LogP contribution is 2.71. The van der Waals surface area contributed by atoms with Gasteiger partial charge >= 0.3 is 0 Å². The lowest BCUT2D eigenvalue weighted by molar-refractivity contribution is 0.329. The van der Waals surface area contributed by atoms with E-state index < -0.39 is 265 Å². The largest absolute Gasteiger partial charge is 0.506 e. The minimum Gasteiger partial charge on any atom is -0.506 e. The van der Waals surface area contributed by atoms with E-state index in [2.05, 4.69) is 0 Å². The van der Waals surface area contributed by atoms with Crippen molar-refractivity contribution < 1.29 is 153 Å². The van der Waals surface area contributed by atoms with E-state index in [1.54, 1.807) is 0 Å². The third-order valence-corrected chi connectivity index (χ3v) is 13.2. The highest BCUT2D eigenvalue weighted by atomic mass is 16.4. The molecule has 1 heterocycles. The first-order valence-corrected chi connectivity index (χ1v) is 21.0. The van der Waals surface area contributed by atoms with E-state index >= 15 is 0 Å². The predicted octanol–water partition coefficient (Wildman–Crippen LogP) is 5.18. The van der Waals surface area contributed by atoms with Crippen LogP contribution in [0.2, 0.25) is 0 Å². The number of aromatic hydroxyl groups is 29. The summed E-state index contributed by atoms with van der Waals surface area (Å²) in [5.74, 6) is -49.6. The summed E-state index contributed by atoms with van der Waals surface area (Å²) in [5, 5.41) is 316. The predicted molar refractivity (Wildman–Crippen MR) is 256 cm³/mol. The number of hydrogen-bond donors (Lipinski definition) is 29. The molecule has 0 atom stereocenters. The van der Waals surface area contributed by atoms with Gasteiger partial charge in [-0.1, -0.05) is 0 Å². The van der Waals surface area contributed by atoms with Gasteiger partial charge in [-0.2, -0.15) is 0 Å². The van der Waals surface area contributed by atoms with Crippen LogP contribution in [0.4, 0.5) is 0 Å². The lowest BCUT2D eigenvalue weighted by Crippen LogP contribution is -1.98. The summed E-state index contributed by atoms with van der Waals surface area (Å²) < 4.78 is 5.51. The Hall–Kier alpha value is -12.2. The third-order valence-electron chi connectivity index (χ3n) is 13.2. The number of phenolic OH excluding ortho intramolecular Hbond substituents is 29. The summed E-state index contributed by atoms with van der Waals surface area (Å²) in [6.07, 6.45) is 0. The van der Waals surface area contributed by atoms with Crippen LogP contribution in [0.15, 0.2) is 10.5 Å². The van der Waals surface area contributed by atoms with Crippen molar-refractivity contribution in [3.63, 3.8) is 0 Å². The summed E-state index contributed by atoms with van der Waals surface area (Å²) in [6.45, 7) is 0. The Bertz CT molecular complexity index is 4390. The quantitative estimate of drug-likeness (QED) is 0.0613. The Morgan fingerprint density at radius 3 is 0.808 bits per heavy atom. The van der Waals surface area contributed by atoms with E-state index in [1.807, 2.05) is 0 Å². The van der Waals surface area contributed by atoms with Crippen LogP contribution < -0.4 is 0 Å². The molecule has 0 spiro atoms. The molecule has 10 rings (SSSR count). The van der Waals surface area contributed by atoms with Gasteiger partial charge in [-0.3, -0.25) is 0 Å². The molecule has 0 aliphatic heterocycles. The second-order valence-corrected chi connectivity index (χ2v) is 17.1. The van der Waals surface area contributed by atoms with E-state index in [4.69, 9.17) is 4.42 Å². The molecule has 30 nitrogen and oxygen atoms in total. The third kappa shape index (κ3) is 5.60. The summed E-state index contributed by atoms with van der Waals surface area (Å²) in [6, 6.07) is 0.608. The van der Waals surface area contributed by atoms with E-state index in [1.165, 1.54) is 0 Å². The topological polar surface area (TPSA) is 600 Å². The lowest BCUT2D eigenvalue weighted by Gasteiger charge is -2.26. The van der Waals surface area contributed by atoms with Crippen molar-refractivity contribution in [3.05, 3.63) is 6.07 Å². The average Bonchev–Trinajstić information content (AvgIpc) is 3.96. The fourth-order valence-corrected chi connectivity index (χ4v) is 9.63. The average molecular weight is 1090 g/mol. The van der Waals surface area contributed by atoms with E-state index in [0.717, 1.165) is 0 Å². The van der Waals surface area contributed by atoms with Gasteiger partial charge in [-0.25, -0.2) is 0 Å². The van der Waals surface area contributed by atoms with Crippen molar-refractivity contribution in [1.29, 1.82) is 0 Å². The van der Waals surface area contributed by atoms with Crippen LogP contribution in [0.5, 0.6) is 167 Å². The maximum Gasteiger partial charge on any atom is 0.208 e. The van der Waals surface area contributed by atoms with Gasteiger partial charge in [0.15, 0.2) is 103 Å². The molecule has 0 amide bonds. The Morgan fingerprint density at radius 1 is 0.167 bits per heavy atom. The normalized spacial score (nSPS) is 11.8. The molecule has 9 aromatic carbocycles. The first-order chi connectivity index (χ1) is 36.4. The number of rotatable bonds is 4. The summed E-state index contributed by atoms with van der Waals surface area (Å²) >= 11 is 0.